The minimum absolute atomic E-state index is 0.0236. The van der Waals surface area contributed by atoms with Crippen LogP contribution in [-0.2, 0) is 0 Å². The van der Waals surface area contributed by atoms with Crippen LogP contribution in [0.25, 0.3) is 11.0 Å². The molecule has 3 rings (SSSR count). The maximum Gasteiger partial charge on any atom is 0.307 e. The maximum atomic E-state index is 11.8. The Morgan fingerprint density at radius 2 is 2.08 bits per heavy atom. The van der Waals surface area contributed by atoms with Crippen molar-refractivity contribution in [3.05, 3.63) is 59.5 Å². The van der Waals surface area contributed by atoms with E-state index in [0.29, 0.717) is 16.7 Å². The molecule has 0 aliphatic rings. The predicted octanol–water partition coefficient (Wildman–Crippen LogP) is 1.38. The molecule has 0 spiro atoms. The molecule has 2 amide bonds. The Hall–Kier alpha value is -3.55. The summed E-state index contributed by atoms with van der Waals surface area (Å²) in [6.45, 7) is 0. The summed E-state index contributed by atoms with van der Waals surface area (Å²) < 4.78 is 15.6. The summed E-state index contributed by atoms with van der Waals surface area (Å²) in [4.78, 5) is 23.5. The van der Waals surface area contributed by atoms with Crippen LogP contribution in [0, 0.1) is 0 Å². The molecule has 0 aliphatic heterocycles. The molecule has 3 aromatic rings. The van der Waals surface area contributed by atoms with Crippen molar-refractivity contribution in [1.29, 1.82) is 0 Å². The van der Waals surface area contributed by atoms with Crippen LogP contribution in [0.2, 0.25) is 0 Å². The lowest BCUT2D eigenvalue weighted by atomic mass is 10.1. The maximum absolute atomic E-state index is 11.8. The van der Waals surface area contributed by atoms with Crippen molar-refractivity contribution < 1.29 is 23.2 Å². The van der Waals surface area contributed by atoms with Crippen LogP contribution >= 0.6 is 0 Å². The van der Waals surface area contributed by atoms with E-state index >= 15 is 0 Å². The number of furan rings is 1. The van der Waals surface area contributed by atoms with Gasteiger partial charge in [0, 0.05) is 5.39 Å². The zero-order valence-corrected chi connectivity index (χ0v) is 12.6. The number of primary amides is 1. The fourth-order valence-corrected chi connectivity index (χ4v) is 2.06. The summed E-state index contributed by atoms with van der Waals surface area (Å²) in [5.41, 5.74) is 7.97. The molecule has 0 aliphatic carbocycles. The third kappa shape index (κ3) is 2.98. The topological polar surface area (TPSA) is 120 Å². The lowest BCUT2D eigenvalue weighted by Crippen LogP contribution is -2.26. The van der Waals surface area contributed by atoms with Gasteiger partial charge in [0.15, 0.2) is 5.76 Å². The first kappa shape index (κ1) is 15.3. The van der Waals surface area contributed by atoms with Crippen molar-refractivity contribution in [1.82, 2.24) is 5.43 Å². The van der Waals surface area contributed by atoms with E-state index in [9.17, 15) is 9.59 Å². The van der Waals surface area contributed by atoms with Crippen molar-refractivity contribution in [3.63, 3.8) is 0 Å². The lowest BCUT2D eigenvalue weighted by molar-refractivity contribution is 0.0920. The standard InChI is InChI=1S/C16H13N3O5/c1-22-10-4-5-12-9(7-10)8-11(14(17)20)16(24-12)19-18-15(21)13-3-2-6-23-13/h2-8H,1H3,(H2,17,20)(H,18,21)/b19-16-. The van der Waals surface area contributed by atoms with Gasteiger partial charge >= 0.3 is 5.91 Å². The van der Waals surface area contributed by atoms with Gasteiger partial charge in [0.2, 0.25) is 5.55 Å². The molecular formula is C16H13N3O5. The average Bonchev–Trinajstić information content (AvgIpc) is 3.12. The Kier molecular flexibility index (Phi) is 4.02. The molecule has 0 saturated carbocycles. The van der Waals surface area contributed by atoms with Crippen molar-refractivity contribution in [2.45, 2.75) is 0 Å². The number of hydrogen-bond donors (Lipinski definition) is 2. The summed E-state index contributed by atoms with van der Waals surface area (Å²) >= 11 is 0. The number of fused-ring (bicyclic) bond motifs is 1. The van der Waals surface area contributed by atoms with Crippen molar-refractivity contribution in [3.8, 4) is 5.75 Å². The fraction of sp³-hybridized carbons (Fsp3) is 0.0625. The molecule has 0 fully saturated rings. The minimum Gasteiger partial charge on any atom is -0.497 e. The average molecular weight is 327 g/mol. The van der Waals surface area contributed by atoms with Gasteiger partial charge in [0.25, 0.3) is 5.91 Å². The van der Waals surface area contributed by atoms with Crippen LogP contribution in [0.1, 0.15) is 20.9 Å². The van der Waals surface area contributed by atoms with Gasteiger partial charge in [-0.1, -0.05) is 0 Å². The number of nitrogens with two attached hydrogens (primary N) is 1. The highest BCUT2D eigenvalue weighted by Crippen LogP contribution is 2.20. The molecule has 1 aromatic carbocycles. The van der Waals surface area contributed by atoms with Gasteiger partial charge in [-0.05, 0) is 36.4 Å². The molecule has 8 heteroatoms. The molecular weight excluding hydrogens is 314 g/mol. The highest BCUT2D eigenvalue weighted by molar-refractivity contribution is 5.95. The molecule has 0 unspecified atom stereocenters. The molecule has 0 bridgehead atoms. The predicted molar refractivity (Wildman–Crippen MR) is 83.0 cm³/mol. The summed E-state index contributed by atoms with van der Waals surface area (Å²) in [6.07, 6.45) is 1.36. The first-order valence-corrected chi connectivity index (χ1v) is 6.88. The Labute approximate surface area is 135 Å². The number of carbonyl (C=O) groups is 2. The van der Waals surface area contributed by atoms with Gasteiger partial charge in [-0.25, -0.2) is 5.43 Å². The molecule has 3 N–H and O–H groups in total. The smallest absolute Gasteiger partial charge is 0.307 e. The fourth-order valence-electron chi connectivity index (χ4n) is 2.06. The van der Waals surface area contributed by atoms with Gasteiger partial charge < -0.3 is 19.3 Å². The number of rotatable bonds is 4. The number of carbonyl (C=O) groups excluding carboxylic acids is 2. The van der Waals surface area contributed by atoms with Gasteiger partial charge in [-0.15, -0.1) is 5.10 Å². The Morgan fingerprint density at radius 3 is 2.75 bits per heavy atom. The monoisotopic (exact) mass is 327 g/mol. The Morgan fingerprint density at radius 1 is 1.25 bits per heavy atom. The number of benzene rings is 1. The number of amides is 2. The molecule has 2 heterocycles. The summed E-state index contributed by atoms with van der Waals surface area (Å²) in [6, 6.07) is 9.60. The minimum atomic E-state index is -0.741. The number of methoxy groups -OCH3 is 1. The van der Waals surface area contributed by atoms with Crippen molar-refractivity contribution in [2.75, 3.05) is 7.11 Å². The third-order valence-electron chi connectivity index (χ3n) is 3.22. The largest absolute Gasteiger partial charge is 0.497 e. The van der Waals surface area contributed by atoms with E-state index in [4.69, 9.17) is 19.3 Å². The highest BCUT2D eigenvalue weighted by Gasteiger charge is 2.12. The third-order valence-corrected chi connectivity index (χ3v) is 3.22. The van der Waals surface area contributed by atoms with Gasteiger partial charge in [0.1, 0.15) is 16.9 Å². The summed E-state index contributed by atoms with van der Waals surface area (Å²) in [7, 11) is 1.53. The normalized spacial score (nSPS) is 11.5. The van der Waals surface area contributed by atoms with Gasteiger partial charge in [-0.2, -0.15) is 0 Å². The van der Waals surface area contributed by atoms with Gasteiger partial charge in [-0.3, -0.25) is 9.59 Å². The highest BCUT2D eigenvalue weighted by atomic mass is 16.5. The van der Waals surface area contributed by atoms with Crippen molar-refractivity contribution >= 4 is 22.8 Å². The van der Waals surface area contributed by atoms with Crippen LogP contribution in [-0.4, -0.2) is 18.9 Å². The molecule has 2 aromatic heterocycles. The van der Waals surface area contributed by atoms with Crippen LogP contribution in [0.3, 0.4) is 0 Å². The second-order valence-corrected chi connectivity index (χ2v) is 4.76. The van der Waals surface area contributed by atoms with E-state index in [0.717, 1.165) is 0 Å². The molecule has 24 heavy (non-hydrogen) atoms. The van der Waals surface area contributed by atoms with Gasteiger partial charge in [0.05, 0.1) is 13.4 Å². The van der Waals surface area contributed by atoms with E-state index in [-0.39, 0.29) is 16.9 Å². The Bertz CT molecular complexity index is 973. The van der Waals surface area contributed by atoms with Crippen LogP contribution in [0.5, 0.6) is 5.75 Å². The van der Waals surface area contributed by atoms with Crippen LogP contribution in [0.4, 0.5) is 0 Å². The van der Waals surface area contributed by atoms with E-state index < -0.39 is 11.8 Å². The van der Waals surface area contributed by atoms with Crippen LogP contribution in [0.15, 0.2) is 56.6 Å². The molecule has 122 valence electrons. The first-order valence-electron chi connectivity index (χ1n) is 6.88. The molecule has 0 radical (unpaired) electrons. The zero-order valence-electron chi connectivity index (χ0n) is 12.6. The second-order valence-electron chi connectivity index (χ2n) is 4.76. The first-order chi connectivity index (χ1) is 11.6. The molecule has 0 atom stereocenters. The van der Waals surface area contributed by atoms with Crippen LogP contribution < -0.4 is 21.5 Å². The summed E-state index contributed by atoms with van der Waals surface area (Å²) in [5.74, 6) is -0.649. The number of nitrogens with one attached hydrogen (secondary N) is 1. The number of nitrogens with zero attached hydrogens (tertiary/aromatic N) is 1. The number of hydrogen-bond acceptors (Lipinski definition) is 6. The van der Waals surface area contributed by atoms with Crippen molar-refractivity contribution in [2.24, 2.45) is 10.8 Å². The zero-order chi connectivity index (χ0) is 17.1. The molecule has 8 nitrogen and oxygen atoms in total. The SMILES string of the molecule is COc1ccc2o/c(=N\NC(=O)c3ccco3)c(C(N)=O)cc2c1. The Balaban J connectivity index is 2.05. The second kappa shape index (κ2) is 6.29. The summed E-state index contributed by atoms with van der Waals surface area (Å²) in [5, 5.41) is 4.43. The van der Waals surface area contributed by atoms with E-state index in [1.54, 1.807) is 24.3 Å². The van der Waals surface area contributed by atoms with E-state index in [1.165, 1.54) is 25.5 Å². The quantitative estimate of drug-likeness (QED) is 0.701. The van der Waals surface area contributed by atoms with E-state index in [1.807, 2.05) is 0 Å². The number of ether oxygens (including phenoxy) is 1. The lowest BCUT2D eigenvalue weighted by Gasteiger charge is -2.04. The van der Waals surface area contributed by atoms with E-state index in [2.05, 4.69) is 10.5 Å². The molecule has 0 saturated heterocycles.